The van der Waals surface area contributed by atoms with Crippen LogP contribution in [0.4, 0.5) is 0 Å². The minimum absolute atomic E-state index is 1.14. The molecule has 0 fully saturated rings. The van der Waals surface area contributed by atoms with E-state index < -0.39 is 0 Å². The molecule has 0 aliphatic heterocycles. The minimum Gasteiger partial charge on any atom is -0.0848 e. The second-order valence-electron chi connectivity index (χ2n) is 4.83. The van der Waals surface area contributed by atoms with Crippen molar-refractivity contribution >= 4 is 0 Å². The highest BCUT2D eigenvalue weighted by molar-refractivity contribution is 5.11. The Hall–Kier alpha value is -0.520. The van der Waals surface area contributed by atoms with E-state index in [0.29, 0.717) is 0 Å². The number of allylic oxidation sites excluding steroid dienone is 4. The molecule has 0 heterocycles. The molecule has 0 N–H and O–H groups in total. The molecule has 0 unspecified atom stereocenters. The van der Waals surface area contributed by atoms with Gasteiger partial charge in [-0.25, -0.2) is 0 Å². The maximum Gasteiger partial charge on any atom is -0.0317 e. The smallest absolute Gasteiger partial charge is 0.0317 e. The van der Waals surface area contributed by atoms with E-state index in [1.165, 1.54) is 51.4 Å². The van der Waals surface area contributed by atoms with Crippen LogP contribution in [-0.4, -0.2) is 0 Å². The maximum absolute atomic E-state index is 2.28. The van der Waals surface area contributed by atoms with Gasteiger partial charge in [-0.15, -0.1) is 0 Å². The van der Waals surface area contributed by atoms with Gasteiger partial charge in [0, 0.05) is 0 Å². The molecule has 0 heteroatoms. The number of rotatable bonds is 9. The van der Waals surface area contributed by atoms with Crippen LogP contribution in [0.15, 0.2) is 23.8 Å². The summed E-state index contributed by atoms with van der Waals surface area (Å²) in [6.45, 7) is 15.1. The molecule has 0 aliphatic rings. The predicted octanol–water partition coefficient (Wildman–Crippen LogP) is 8.09. The summed E-state index contributed by atoms with van der Waals surface area (Å²) in [6.07, 6.45) is 18.5. The number of hydrogen-bond acceptors (Lipinski definition) is 0. The highest BCUT2D eigenvalue weighted by Gasteiger charge is 1.90. The van der Waals surface area contributed by atoms with Crippen molar-refractivity contribution in [2.24, 2.45) is 0 Å². The van der Waals surface area contributed by atoms with Crippen LogP contribution in [0.1, 0.15) is 106 Å². The van der Waals surface area contributed by atoms with E-state index in [0.717, 1.165) is 6.42 Å². The third-order valence-electron chi connectivity index (χ3n) is 2.97. The molecule has 0 atom stereocenters. The molecule has 0 aliphatic carbocycles. The molecule has 0 saturated heterocycles. The van der Waals surface area contributed by atoms with E-state index in [1.807, 2.05) is 13.8 Å². The fourth-order valence-corrected chi connectivity index (χ4v) is 1.62. The van der Waals surface area contributed by atoms with Crippen molar-refractivity contribution in [3.8, 4) is 0 Å². The van der Waals surface area contributed by atoms with Gasteiger partial charge < -0.3 is 0 Å². The monoisotopic (exact) mass is 282 g/mol. The van der Waals surface area contributed by atoms with Crippen LogP contribution in [0.3, 0.4) is 0 Å². The Morgan fingerprint density at radius 3 is 1.60 bits per heavy atom. The molecular weight excluding hydrogens is 240 g/mol. The fourth-order valence-electron chi connectivity index (χ4n) is 1.62. The predicted molar refractivity (Wildman–Crippen MR) is 98.5 cm³/mol. The zero-order valence-electron chi connectivity index (χ0n) is 15.6. The van der Waals surface area contributed by atoms with Gasteiger partial charge in [-0.3, -0.25) is 0 Å². The molecule has 0 nitrogen and oxygen atoms in total. The standard InChI is InChI=1S/C12H22.C6H14.C2H6/c1-4-7-9-11-12(6-3)10-8-5-2;1-3-5-6-4-2;1-2/h7,9,11H,4-6,8,10H2,1-3H3;3-6H2,1-2H3;1-2H3/b9-7-,12-11+;;. The van der Waals surface area contributed by atoms with Crippen LogP contribution in [0, 0.1) is 0 Å². The zero-order valence-corrected chi connectivity index (χ0v) is 15.6. The maximum atomic E-state index is 2.28. The highest BCUT2D eigenvalue weighted by Crippen LogP contribution is 2.10. The van der Waals surface area contributed by atoms with Crippen molar-refractivity contribution in [2.45, 2.75) is 106 Å². The first-order valence-corrected chi connectivity index (χ1v) is 9.11. The van der Waals surface area contributed by atoms with Gasteiger partial charge in [0.1, 0.15) is 0 Å². The molecule has 0 saturated carbocycles. The normalized spacial score (nSPS) is 10.7. The van der Waals surface area contributed by atoms with Gasteiger partial charge in [0.2, 0.25) is 0 Å². The van der Waals surface area contributed by atoms with Crippen LogP contribution >= 0.6 is 0 Å². The Kier molecular flexibility index (Phi) is 33.0. The summed E-state index contributed by atoms with van der Waals surface area (Å²) in [4.78, 5) is 0. The molecule has 0 bridgehead atoms. The topological polar surface area (TPSA) is 0 Å². The molecule has 0 aromatic carbocycles. The lowest BCUT2D eigenvalue weighted by molar-refractivity contribution is 0.702. The molecule has 0 spiro atoms. The SMILES string of the molecule is CC.CC/C=C\C=C(/CC)CCCC.CCCCCC. The van der Waals surface area contributed by atoms with Crippen LogP contribution in [0.5, 0.6) is 0 Å². The summed E-state index contributed by atoms with van der Waals surface area (Å²) < 4.78 is 0. The van der Waals surface area contributed by atoms with Gasteiger partial charge in [0.05, 0.1) is 0 Å². The van der Waals surface area contributed by atoms with Gasteiger partial charge in [-0.2, -0.15) is 0 Å². The lowest BCUT2D eigenvalue weighted by atomic mass is 10.1. The third kappa shape index (κ3) is 26.1. The quantitative estimate of drug-likeness (QED) is 0.296. The first-order chi connectivity index (χ1) is 9.76. The summed E-state index contributed by atoms with van der Waals surface area (Å²) in [5, 5.41) is 0. The lowest BCUT2D eigenvalue weighted by Crippen LogP contribution is -1.80. The summed E-state index contributed by atoms with van der Waals surface area (Å²) in [6, 6.07) is 0. The first kappa shape index (κ1) is 24.5. The molecule has 20 heavy (non-hydrogen) atoms. The second kappa shape index (κ2) is 26.9. The van der Waals surface area contributed by atoms with E-state index in [-0.39, 0.29) is 0 Å². The van der Waals surface area contributed by atoms with Gasteiger partial charge in [0.15, 0.2) is 0 Å². The Morgan fingerprint density at radius 1 is 0.750 bits per heavy atom. The largest absolute Gasteiger partial charge is 0.0848 e. The molecule has 122 valence electrons. The van der Waals surface area contributed by atoms with Crippen molar-refractivity contribution in [1.82, 2.24) is 0 Å². The van der Waals surface area contributed by atoms with E-state index in [2.05, 4.69) is 52.8 Å². The van der Waals surface area contributed by atoms with Crippen LogP contribution in [0.2, 0.25) is 0 Å². The molecule has 0 amide bonds. The number of unbranched alkanes of at least 4 members (excludes halogenated alkanes) is 4. The van der Waals surface area contributed by atoms with E-state index >= 15 is 0 Å². The van der Waals surface area contributed by atoms with Crippen molar-refractivity contribution in [3.05, 3.63) is 23.8 Å². The molecular formula is C20H42. The first-order valence-electron chi connectivity index (χ1n) is 9.11. The summed E-state index contributed by atoms with van der Waals surface area (Å²) in [5.41, 5.74) is 1.58. The Labute approximate surface area is 130 Å². The van der Waals surface area contributed by atoms with Gasteiger partial charge in [-0.05, 0) is 25.7 Å². The zero-order chi connectivity index (χ0) is 16.1. The van der Waals surface area contributed by atoms with E-state index in [1.54, 1.807) is 5.57 Å². The average Bonchev–Trinajstić information content (AvgIpc) is 2.51. The Bertz CT molecular complexity index is 182. The third-order valence-corrected chi connectivity index (χ3v) is 2.97. The Morgan fingerprint density at radius 2 is 1.25 bits per heavy atom. The van der Waals surface area contributed by atoms with Crippen molar-refractivity contribution < 1.29 is 0 Å². The van der Waals surface area contributed by atoms with Crippen molar-refractivity contribution in [3.63, 3.8) is 0 Å². The molecule has 0 aromatic rings. The van der Waals surface area contributed by atoms with Crippen molar-refractivity contribution in [2.75, 3.05) is 0 Å². The van der Waals surface area contributed by atoms with Gasteiger partial charge in [0.25, 0.3) is 0 Å². The van der Waals surface area contributed by atoms with E-state index in [4.69, 9.17) is 0 Å². The van der Waals surface area contributed by atoms with Crippen LogP contribution in [0.25, 0.3) is 0 Å². The van der Waals surface area contributed by atoms with Crippen molar-refractivity contribution in [1.29, 1.82) is 0 Å². The van der Waals surface area contributed by atoms with Crippen LogP contribution in [-0.2, 0) is 0 Å². The van der Waals surface area contributed by atoms with Gasteiger partial charge in [-0.1, -0.05) is 104 Å². The summed E-state index contributed by atoms with van der Waals surface area (Å²) >= 11 is 0. The second-order valence-corrected chi connectivity index (χ2v) is 4.83. The van der Waals surface area contributed by atoms with Gasteiger partial charge >= 0.3 is 0 Å². The molecule has 0 aromatic heterocycles. The summed E-state index contributed by atoms with van der Waals surface area (Å²) in [5.74, 6) is 0. The Balaban J connectivity index is -0.000000304. The van der Waals surface area contributed by atoms with E-state index in [9.17, 15) is 0 Å². The average molecular weight is 283 g/mol. The fraction of sp³-hybridized carbons (Fsp3) is 0.800. The van der Waals surface area contributed by atoms with Crippen LogP contribution < -0.4 is 0 Å². The molecule has 0 radical (unpaired) electrons. The highest BCUT2D eigenvalue weighted by atomic mass is 14.0. The number of hydrogen-bond donors (Lipinski definition) is 0. The minimum atomic E-state index is 1.14. The lowest BCUT2D eigenvalue weighted by Gasteiger charge is -2.00. The summed E-state index contributed by atoms with van der Waals surface area (Å²) in [7, 11) is 0. The molecule has 0 rings (SSSR count).